The molecule has 1 aromatic heterocycles. The Labute approximate surface area is 119 Å². The van der Waals surface area contributed by atoms with E-state index < -0.39 is 5.97 Å². The van der Waals surface area contributed by atoms with Crippen LogP contribution in [0.2, 0.25) is 5.02 Å². The zero-order valence-electron chi connectivity index (χ0n) is 10.5. The summed E-state index contributed by atoms with van der Waals surface area (Å²) in [5.74, 6) is -1.11. The van der Waals surface area contributed by atoms with Crippen LogP contribution in [0.3, 0.4) is 0 Å². The maximum absolute atomic E-state index is 11.4. The molecule has 6 heteroatoms. The number of rotatable bonds is 4. The van der Waals surface area contributed by atoms with Crippen LogP contribution in [0.4, 0.5) is 0 Å². The first kappa shape index (κ1) is 14.0. The zero-order valence-corrected chi connectivity index (χ0v) is 11.2. The second-order valence-electron chi connectivity index (χ2n) is 3.96. The average molecular weight is 292 g/mol. The Balaban J connectivity index is 2.38. The van der Waals surface area contributed by atoms with Gasteiger partial charge in [0.2, 0.25) is 5.88 Å². The number of halogens is 1. The number of hydrogen-bond donors (Lipinski definition) is 1. The van der Waals surface area contributed by atoms with Gasteiger partial charge >= 0.3 is 5.97 Å². The van der Waals surface area contributed by atoms with E-state index in [0.717, 1.165) is 0 Å². The van der Waals surface area contributed by atoms with Gasteiger partial charge in [-0.25, -0.2) is 9.78 Å². The van der Waals surface area contributed by atoms with Crippen LogP contribution in [0.1, 0.15) is 27.6 Å². The number of carbonyl (C=O) groups is 2. The summed E-state index contributed by atoms with van der Waals surface area (Å²) in [7, 11) is 0. The summed E-state index contributed by atoms with van der Waals surface area (Å²) < 4.78 is 5.41. The molecule has 5 nitrogen and oxygen atoms in total. The van der Waals surface area contributed by atoms with Crippen molar-refractivity contribution in [3.63, 3.8) is 0 Å². The molecule has 0 saturated heterocycles. The van der Waals surface area contributed by atoms with Crippen molar-refractivity contribution in [2.24, 2.45) is 0 Å². The van der Waals surface area contributed by atoms with E-state index >= 15 is 0 Å². The standard InChI is InChI=1S/C14H10ClNO4/c1-8(17)11-7-9(4-5-12(11)15)20-13-10(14(18)19)3-2-6-16-13/h2-7H,1H3,(H,18,19). The first-order chi connectivity index (χ1) is 9.49. The summed E-state index contributed by atoms with van der Waals surface area (Å²) in [6.07, 6.45) is 1.42. The Bertz CT molecular complexity index is 685. The summed E-state index contributed by atoms with van der Waals surface area (Å²) in [5.41, 5.74) is 0.240. The molecule has 0 spiro atoms. The van der Waals surface area contributed by atoms with Crippen LogP contribution in [0.5, 0.6) is 11.6 Å². The highest BCUT2D eigenvalue weighted by Gasteiger charge is 2.14. The summed E-state index contributed by atoms with van der Waals surface area (Å²) >= 11 is 5.89. The lowest BCUT2D eigenvalue weighted by Crippen LogP contribution is -2.02. The minimum atomic E-state index is -1.14. The number of aromatic carboxylic acids is 1. The van der Waals surface area contributed by atoms with Crippen molar-refractivity contribution in [3.05, 3.63) is 52.7 Å². The fourth-order valence-corrected chi connectivity index (χ4v) is 1.83. The number of ketones is 1. The highest BCUT2D eigenvalue weighted by Crippen LogP contribution is 2.27. The number of ether oxygens (including phenoxy) is 1. The lowest BCUT2D eigenvalue weighted by molar-refractivity contribution is 0.0693. The number of hydrogen-bond acceptors (Lipinski definition) is 4. The van der Waals surface area contributed by atoms with Gasteiger partial charge in [0, 0.05) is 11.8 Å². The SMILES string of the molecule is CC(=O)c1cc(Oc2ncccc2C(=O)O)ccc1Cl. The average Bonchev–Trinajstić information content (AvgIpc) is 2.41. The zero-order chi connectivity index (χ0) is 14.7. The van der Waals surface area contributed by atoms with Gasteiger partial charge in [-0.3, -0.25) is 4.79 Å². The molecule has 1 aromatic carbocycles. The van der Waals surface area contributed by atoms with Gasteiger partial charge in [0.05, 0.1) is 5.02 Å². The minimum absolute atomic E-state index is 0.0446. The molecule has 102 valence electrons. The van der Waals surface area contributed by atoms with E-state index in [4.69, 9.17) is 21.4 Å². The van der Waals surface area contributed by atoms with Crippen molar-refractivity contribution < 1.29 is 19.4 Å². The molecule has 2 aromatic rings. The van der Waals surface area contributed by atoms with Crippen LogP contribution in [-0.4, -0.2) is 21.8 Å². The molecule has 0 bridgehead atoms. The molecule has 0 radical (unpaired) electrons. The van der Waals surface area contributed by atoms with Crippen LogP contribution in [0.15, 0.2) is 36.5 Å². The molecule has 0 unspecified atom stereocenters. The molecule has 1 heterocycles. The molecule has 20 heavy (non-hydrogen) atoms. The van der Waals surface area contributed by atoms with E-state index in [9.17, 15) is 9.59 Å². The fraction of sp³-hybridized carbons (Fsp3) is 0.0714. The summed E-state index contributed by atoms with van der Waals surface area (Å²) in [6.45, 7) is 1.38. The van der Waals surface area contributed by atoms with Gasteiger partial charge < -0.3 is 9.84 Å². The van der Waals surface area contributed by atoms with Crippen molar-refractivity contribution in [2.45, 2.75) is 6.92 Å². The van der Waals surface area contributed by atoms with Crippen molar-refractivity contribution in [1.82, 2.24) is 4.98 Å². The Hall–Kier alpha value is -2.40. The number of carbonyl (C=O) groups excluding carboxylic acids is 1. The van der Waals surface area contributed by atoms with Gasteiger partial charge in [-0.1, -0.05) is 11.6 Å². The van der Waals surface area contributed by atoms with Crippen molar-refractivity contribution in [2.75, 3.05) is 0 Å². The molecule has 0 atom stereocenters. The first-order valence-electron chi connectivity index (χ1n) is 5.65. The van der Waals surface area contributed by atoms with Gasteiger partial charge in [-0.05, 0) is 37.3 Å². The Morgan fingerprint density at radius 2 is 2.00 bits per heavy atom. The van der Waals surface area contributed by atoms with Crippen LogP contribution >= 0.6 is 11.6 Å². The van der Waals surface area contributed by atoms with E-state index in [0.29, 0.717) is 16.3 Å². The predicted molar refractivity (Wildman–Crippen MR) is 72.7 cm³/mol. The summed E-state index contributed by atoms with van der Waals surface area (Å²) in [6, 6.07) is 7.38. The number of nitrogens with zero attached hydrogens (tertiary/aromatic N) is 1. The monoisotopic (exact) mass is 291 g/mol. The van der Waals surface area contributed by atoms with E-state index in [1.54, 1.807) is 0 Å². The van der Waals surface area contributed by atoms with Gasteiger partial charge in [-0.2, -0.15) is 0 Å². The lowest BCUT2D eigenvalue weighted by Gasteiger charge is -2.08. The molecule has 1 N–H and O–H groups in total. The van der Waals surface area contributed by atoms with Crippen LogP contribution in [-0.2, 0) is 0 Å². The molecule has 0 amide bonds. The lowest BCUT2D eigenvalue weighted by atomic mass is 10.1. The van der Waals surface area contributed by atoms with E-state index in [1.165, 1.54) is 43.5 Å². The maximum Gasteiger partial charge on any atom is 0.341 e. The highest BCUT2D eigenvalue weighted by atomic mass is 35.5. The van der Waals surface area contributed by atoms with Gasteiger partial charge in [0.15, 0.2) is 5.78 Å². The Morgan fingerprint density at radius 1 is 1.25 bits per heavy atom. The summed E-state index contributed by atoms with van der Waals surface area (Å²) in [5, 5.41) is 9.34. The minimum Gasteiger partial charge on any atom is -0.477 e. The first-order valence-corrected chi connectivity index (χ1v) is 6.03. The second kappa shape index (κ2) is 5.71. The van der Waals surface area contributed by atoms with Gasteiger partial charge in [0.1, 0.15) is 11.3 Å². The highest BCUT2D eigenvalue weighted by molar-refractivity contribution is 6.33. The van der Waals surface area contributed by atoms with Gasteiger partial charge in [0.25, 0.3) is 0 Å². The van der Waals surface area contributed by atoms with E-state index in [1.807, 2.05) is 0 Å². The normalized spacial score (nSPS) is 10.1. The quantitative estimate of drug-likeness (QED) is 0.873. The third kappa shape index (κ3) is 2.95. The van der Waals surface area contributed by atoms with Crippen LogP contribution in [0.25, 0.3) is 0 Å². The maximum atomic E-state index is 11.4. The molecule has 0 aliphatic heterocycles. The molecule has 2 rings (SSSR count). The van der Waals surface area contributed by atoms with Crippen LogP contribution in [0, 0.1) is 0 Å². The van der Waals surface area contributed by atoms with Gasteiger partial charge in [-0.15, -0.1) is 0 Å². The second-order valence-corrected chi connectivity index (χ2v) is 4.37. The smallest absolute Gasteiger partial charge is 0.341 e. The third-order valence-corrected chi connectivity index (χ3v) is 2.86. The molecular formula is C14H10ClNO4. The number of aromatic nitrogens is 1. The number of carboxylic acids is 1. The van der Waals surface area contributed by atoms with Crippen LogP contribution < -0.4 is 4.74 Å². The molecule has 0 aliphatic carbocycles. The molecule has 0 aliphatic rings. The van der Waals surface area contributed by atoms with Crippen molar-refractivity contribution in [3.8, 4) is 11.6 Å². The largest absolute Gasteiger partial charge is 0.477 e. The molecule has 0 fully saturated rings. The molecule has 0 saturated carbocycles. The number of benzene rings is 1. The Kier molecular flexibility index (Phi) is 4.00. The number of carboxylic acid groups (broad SMARTS) is 1. The predicted octanol–water partition coefficient (Wildman–Crippen LogP) is 3.43. The number of pyridine rings is 1. The summed E-state index contributed by atoms with van der Waals surface area (Å²) in [4.78, 5) is 26.3. The Morgan fingerprint density at radius 3 is 2.65 bits per heavy atom. The van der Waals surface area contributed by atoms with Crippen molar-refractivity contribution >= 4 is 23.4 Å². The molecular weight excluding hydrogens is 282 g/mol. The number of Topliss-reactive ketones (excluding diaryl/α,β-unsaturated/α-hetero) is 1. The van der Waals surface area contributed by atoms with E-state index in [2.05, 4.69) is 4.98 Å². The fourth-order valence-electron chi connectivity index (χ4n) is 1.58. The van der Waals surface area contributed by atoms with E-state index in [-0.39, 0.29) is 17.2 Å². The third-order valence-electron chi connectivity index (χ3n) is 2.53. The van der Waals surface area contributed by atoms with Crippen molar-refractivity contribution in [1.29, 1.82) is 0 Å². The topological polar surface area (TPSA) is 76.5 Å².